The van der Waals surface area contributed by atoms with Crippen molar-refractivity contribution >= 4 is 32.4 Å². The molecule has 6 heteroatoms. The third-order valence-electron chi connectivity index (χ3n) is 5.09. The van der Waals surface area contributed by atoms with E-state index in [-0.39, 0.29) is 0 Å². The summed E-state index contributed by atoms with van der Waals surface area (Å²) < 4.78 is 27.5. The summed E-state index contributed by atoms with van der Waals surface area (Å²) in [4.78, 5) is 4.94. The van der Waals surface area contributed by atoms with Crippen molar-refractivity contribution in [3.8, 4) is 0 Å². The van der Waals surface area contributed by atoms with E-state index in [2.05, 4.69) is 17.2 Å². The lowest BCUT2D eigenvalue weighted by Gasteiger charge is -2.29. The molecule has 0 unspecified atom stereocenters. The van der Waals surface area contributed by atoms with Crippen molar-refractivity contribution in [3.63, 3.8) is 0 Å². The second-order valence-corrected chi connectivity index (χ2v) is 9.07. The number of sulfonamides is 1. The number of nitrogens with one attached hydrogen (secondary N) is 1. The third kappa shape index (κ3) is 3.82. The van der Waals surface area contributed by atoms with E-state index >= 15 is 0 Å². The van der Waals surface area contributed by atoms with Gasteiger partial charge in [0, 0.05) is 24.2 Å². The van der Waals surface area contributed by atoms with Crippen molar-refractivity contribution in [3.05, 3.63) is 60.7 Å². The van der Waals surface area contributed by atoms with E-state index in [9.17, 15) is 8.42 Å². The first kappa shape index (κ1) is 17.9. The molecule has 3 aromatic rings. The van der Waals surface area contributed by atoms with Crippen LogP contribution >= 0.6 is 0 Å². The zero-order chi connectivity index (χ0) is 18.9. The van der Waals surface area contributed by atoms with Crippen molar-refractivity contribution in [2.45, 2.75) is 24.7 Å². The normalized spacial score (nSPS) is 16.5. The fraction of sp³-hybridized carbons (Fsp3) is 0.286. The number of fused-ring (bicyclic) bond motifs is 1. The van der Waals surface area contributed by atoms with Crippen LogP contribution < -0.4 is 5.32 Å². The molecule has 1 aromatic heterocycles. The molecule has 2 heterocycles. The molecule has 4 rings (SSSR count). The minimum atomic E-state index is -3.45. The molecule has 1 aliphatic rings. The van der Waals surface area contributed by atoms with Crippen LogP contribution in [0.3, 0.4) is 0 Å². The molecule has 27 heavy (non-hydrogen) atoms. The molecule has 0 atom stereocenters. The summed E-state index contributed by atoms with van der Waals surface area (Å²) in [6.45, 7) is 3.37. The van der Waals surface area contributed by atoms with Crippen LogP contribution in [0.15, 0.2) is 65.6 Å². The van der Waals surface area contributed by atoms with Gasteiger partial charge in [-0.3, -0.25) is 0 Å². The average Bonchev–Trinajstić information content (AvgIpc) is 2.68. The first-order valence-electron chi connectivity index (χ1n) is 9.25. The average molecular weight is 382 g/mol. The first-order chi connectivity index (χ1) is 13.0. The highest BCUT2D eigenvalue weighted by molar-refractivity contribution is 7.89. The molecular formula is C21H23N3O2S. The SMILES string of the molecule is CC1CCN(S(=O)(=O)c2ccc3nc(Nc4ccccc4)ccc3c2)CC1. The van der Waals surface area contributed by atoms with E-state index in [1.54, 1.807) is 22.5 Å². The molecule has 1 fully saturated rings. The molecule has 0 radical (unpaired) electrons. The van der Waals surface area contributed by atoms with Gasteiger partial charge in [-0.1, -0.05) is 25.1 Å². The minimum absolute atomic E-state index is 0.343. The van der Waals surface area contributed by atoms with Crippen LogP contribution in [0, 0.1) is 5.92 Å². The van der Waals surface area contributed by atoms with Gasteiger partial charge in [0.25, 0.3) is 0 Å². The number of nitrogens with zero attached hydrogens (tertiary/aromatic N) is 2. The number of hydrogen-bond donors (Lipinski definition) is 1. The molecule has 2 aromatic carbocycles. The van der Waals surface area contributed by atoms with E-state index in [4.69, 9.17) is 0 Å². The second kappa shape index (κ2) is 7.29. The van der Waals surface area contributed by atoms with E-state index in [1.807, 2.05) is 42.5 Å². The quantitative estimate of drug-likeness (QED) is 0.728. The zero-order valence-corrected chi connectivity index (χ0v) is 16.1. The van der Waals surface area contributed by atoms with Crippen molar-refractivity contribution in [2.24, 2.45) is 5.92 Å². The molecular weight excluding hydrogens is 358 g/mol. The van der Waals surface area contributed by atoms with Gasteiger partial charge >= 0.3 is 0 Å². The van der Waals surface area contributed by atoms with Crippen LogP contribution in [0.5, 0.6) is 0 Å². The highest BCUT2D eigenvalue weighted by Crippen LogP contribution is 2.26. The molecule has 1 aliphatic heterocycles. The van der Waals surface area contributed by atoms with Gasteiger partial charge in [0.1, 0.15) is 5.82 Å². The van der Waals surface area contributed by atoms with E-state index in [1.165, 1.54) is 0 Å². The maximum atomic E-state index is 12.9. The predicted octanol–water partition coefficient (Wildman–Crippen LogP) is 4.40. The van der Waals surface area contributed by atoms with Gasteiger partial charge in [-0.15, -0.1) is 0 Å². The van der Waals surface area contributed by atoms with Gasteiger partial charge in [-0.25, -0.2) is 13.4 Å². The van der Waals surface area contributed by atoms with Crippen LogP contribution in [0.4, 0.5) is 11.5 Å². The Bertz CT molecular complexity index is 1040. The maximum absolute atomic E-state index is 12.9. The fourth-order valence-corrected chi connectivity index (χ4v) is 4.88. The number of para-hydroxylation sites is 1. The Kier molecular flexibility index (Phi) is 4.85. The van der Waals surface area contributed by atoms with Crippen LogP contribution in [0.25, 0.3) is 10.9 Å². The van der Waals surface area contributed by atoms with Crippen LogP contribution in [0.1, 0.15) is 19.8 Å². The summed E-state index contributed by atoms with van der Waals surface area (Å²) in [5, 5.41) is 4.08. The third-order valence-corrected chi connectivity index (χ3v) is 6.98. The molecule has 1 saturated heterocycles. The Labute approximate surface area is 160 Å². The van der Waals surface area contributed by atoms with Crippen LogP contribution in [-0.4, -0.2) is 30.8 Å². The largest absolute Gasteiger partial charge is 0.340 e. The van der Waals surface area contributed by atoms with Crippen molar-refractivity contribution in [2.75, 3.05) is 18.4 Å². The Morgan fingerprint density at radius 1 is 1.00 bits per heavy atom. The number of piperidine rings is 1. The van der Waals surface area contributed by atoms with Crippen LogP contribution in [-0.2, 0) is 10.0 Å². The van der Waals surface area contributed by atoms with E-state index < -0.39 is 10.0 Å². The van der Waals surface area contributed by atoms with Crippen molar-refractivity contribution in [1.29, 1.82) is 0 Å². The highest BCUT2D eigenvalue weighted by atomic mass is 32.2. The topological polar surface area (TPSA) is 62.3 Å². The Morgan fingerprint density at radius 3 is 2.48 bits per heavy atom. The molecule has 140 valence electrons. The smallest absolute Gasteiger partial charge is 0.243 e. The first-order valence-corrected chi connectivity index (χ1v) is 10.7. The Balaban J connectivity index is 1.60. The summed E-state index contributed by atoms with van der Waals surface area (Å²) in [7, 11) is -3.45. The molecule has 0 bridgehead atoms. The molecule has 0 saturated carbocycles. The molecule has 0 spiro atoms. The number of rotatable bonds is 4. The predicted molar refractivity (Wildman–Crippen MR) is 109 cm³/mol. The van der Waals surface area contributed by atoms with Crippen molar-refractivity contribution < 1.29 is 8.42 Å². The Morgan fingerprint density at radius 2 is 1.74 bits per heavy atom. The standard InChI is InChI=1S/C21H23N3O2S/c1-16-11-13-24(14-12-16)27(25,26)19-8-9-20-17(15-19)7-10-21(23-20)22-18-5-3-2-4-6-18/h2-10,15-16H,11-14H2,1H3,(H,22,23). The minimum Gasteiger partial charge on any atom is -0.340 e. The Hall–Kier alpha value is -2.44. The lowest BCUT2D eigenvalue weighted by Crippen LogP contribution is -2.37. The van der Waals surface area contributed by atoms with E-state index in [0.29, 0.717) is 23.9 Å². The molecule has 5 nitrogen and oxygen atoms in total. The summed E-state index contributed by atoms with van der Waals surface area (Å²) >= 11 is 0. The maximum Gasteiger partial charge on any atom is 0.243 e. The molecule has 1 N–H and O–H groups in total. The number of benzene rings is 2. The lowest BCUT2D eigenvalue weighted by molar-refractivity contribution is 0.288. The summed E-state index contributed by atoms with van der Waals surface area (Å²) in [6.07, 6.45) is 1.84. The molecule has 0 aliphatic carbocycles. The monoisotopic (exact) mass is 381 g/mol. The van der Waals surface area contributed by atoms with E-state index in [0.717, 1.165) is 35.2 Å². The van der Waals surface area contributed by atoms with Crippen LogP contribution in [0.2, 0.25) is 0 Å². The summed E-state index contributed by atoms with van der Waals surface area (Å²) in [5.41, 5.74) is 1.73. The zero-order valence-electron chi connectivity index (χ0n) is 15.3. The number of aromatic nitrogens is 1. The lowest BCUT2D eigenvalue weighted by atomic mass is 10.0. The van der Waals surface area contributed by atoms with Crippen molar-refractivity contribution in [1.82, 2.24) is 9.29 Å². The van der Waals surface area contributed by atoms with Gasteiger partial charge in [-0.05, 0) is 61.2 Å². The number of hydrogen-bond acceptors (Lipinski definition) is 4. The second-order valence-electron chi connectivity index (χ2n) is 7.13. The number of anilines is 2. The van der Waals surface area contributed by atoms with Gasteiger partial charge in [0.2, 0.25) is 10.0 Å². The summed E-state index contributed by atoms with van der Waals surface area (Å²) in [5.74, 6) is 1.32. The van der Waals surface area contributed by atoms with Gasteiger partial charge in [0.15, 0.2) is 0 Å². The van der Waals surface area contributed by atoms with Gasteiger partial charge in [-0.2, -0.15) is 4.31 Å². The molecule has 0 amide bonds. The summed E-state index contributed by atoms with van der Waals surface area (Å²) in [6, 6.07) is 18.8. The van der Waals surface area contributed by atoms with Gasteiger partial charge < -0.3 is 5.32 Å². The van der Waals surface area contributed by atoms with Gasteiger partial charge in [0.05, 0.1) is 10.4 Å². The highest BCUT2D eigenvalue weighted by Gasteiger charge is 2.28. The number of pyridine rings is 1. The fourth-order valence-electron chi connectivity index (χ4n) is 3.38.